The maximum atomic E-state index is 12.1. The van der Waals surface area contributed by atoms with Crippen molar-refractivity contribution in [3.8, 4) is 5.75 Å². The molecule has 0 saturated carbocycles. The van der Waals surface area contributed by atoms with Crippen LogP contribution in [0, 0.1) is 6.92 Å². The molecule has 0 aliphatic carbocycles. The van der Waals surface area contributed by atoms with Gasteiger partial charge in [-0.25, -0.2) is 10.1 Å². The SMILES string of the molecule is CCOc1ccc(/C=N/Nc2nnc(SCC(=O)NCc3ccc(C)cc3)n2N)cc1. The molecule has 0 bridgehead atoms. The van der Waals surface area contributed by atoms with Crippen molar-refractivity contribution < 1.29 is 9.53 Å². The molecule has 3 rings (SSSR count). The van der Waals surface area contributed by atoms with Crippen LogP contribution in [0.15, 0.2) is 58.8 Å². The first-order valence-corrected chi connectivity index (χ1v) is 10.7. The second-order valence-electron chi connectivity index (χ2n) is 6.60. The number of amides is 1. The topological polar surface area (TPSA) is 119 Å². The zero-order valence-electron chi connectivity index (χ0n) is 17.4. The molecular formula is C21H25N7O2S. The van der Waals surface area contributed by atoms with Crippen molar-refractivity contribution in [3.05, 3.63) is 65.2 Å². The number of aromatic nitrogens is 3. The summed E-state index contributed by atoms with van der Waals surface area (Å²) in [4.78, 5) is 12.1. The third kappa shape index (κ3) is 6.75. The van der Waals surface area contributed by atoms with Gasteiger partial charge in [-0.1, -0.05) is 41.6 Å². The molecule has 0 aliphatic heterocycles. The van der Waals surface area contributed by atoms with Crippen LogP contribution in [0.1, 0.15) is 23.6 Å². The molecule has 31 heavy (non-hydrogen) atoms. The summed E-state index contributed by atoms with van der Waals surface area (Å²) in [5, 5.41) is 15.3. The summed E-state index contributed by atoms with van der Waals surface area (Å²) in [5.41, 5.74) is 5.86. The molecule has 1 heterocycles. The Hall–Kier alpha value is -3.53. The summed E-state index contributed by atoms with van der Waals surface area (Å²) in [5.74, 6) is 7.12. The molecule has 2 aromatic carbocycles. The van der Waals surface area contributed by atoms with E-state index in [1.54, 1.807) is 6.21 Å². The lowest BCUT2D eigenvalue weighted by molar-refractivity contribution is -0.118. The minimum atomic E-state index is -0.114. The van der Waals surface area contributed by atoms with Crippen LogP contribution in [0.5, 0.6) is 5.75 Å². The number of hydrogen-bond acceptors (Lipinski definition) is 8. The van der Waals surface area contributed by atoms with Crippen LogP contribution >= 0.6 is 11.8 Å². The number of aryl methyl sites for hydroxylation is 1. The van der Waals surface area contributed by atoms with Crippen LogP contribution in [-0.4, -0.2) is 39.4 Å². The Balaban J connectivity index is 1.45. The molecule has 0 radical (unpaired) electrons. The fourth-order valence-corrected chi connectivity index (χ4v) is 3.21. The van der Waals surface area contributed by atoms with Crippen LogP contribution in [0.4, 0.5) is 5.95 Å². The van der Waals surface area contributed by atoms with E-state index in [9.17, 15) is 4.79 Å². The fraction of sp³-hybridized carbons (Fsp3) is 0.238. The lowest BCUT2D eigenvalue weighted by atomic mass is 10.1. The summed E-state index contributed by atoms with van der Waals surface area (Å²) in [7, 11) is 0. The number of nitrogens with two attached hydrogens (primary N) is 1. The Morgan fingerprint density at radius 2 is 1.94 bits per heavy atom. The Kier molecular flexibility index (Phi) is 7.88. The van der Waals surface area contributed by atoms with E-state index in [2.05, 4.69) is 26.0 Å². The number of nitrogens with zero attached hydrogens (tertiary/aromatic N) is 4. The largest absolute Gasteiger partial charge is 0.494 e. The molecule has 1 aromatic heterocycles. The second-order valence-corrected chi connectivity index (χ2v) is 7.54. The van der Waals surface area contributed by atoms with Gasteiger partial charge in [0.15, 0.2) is 0 Å². The molecule has 0 atom stereocenters. The molecule has 9 nitrogen and oxygen atoms in total. The number of hydrazone groups is 1. The molecule has 3 aromatic rings. The van der Waals surface area contributed by atoms with Crippen LogP contribution in [-0.2, 0) is 11.3 Å². The van der Waals surface area contributed by atoms with Gasteiger partial charge in [-0.2, -0.15) is 5.10 Å². The first-order chi connectivity index (χ1) is 15.0. The maximum absolute atomic E-state index is 12.1. The number of carbonyl (C=O) groups excluding carboxylic acids is 1. The van der Waals surface area contributed by atoms with E-state index in [1.807, 2.05) is 62.4 Å². The number of hydrogen-bond donors (Lipinski definition) is 3. The Labute approximate surface area is 185 Å². The highest BCUT2D eigenvalue weighted by molar-refractivity contribution is 7.99. The Morgan fingerprint density at radius 1 is 1.19 bits per heavy atom. The lowest BCUT2D eigenvalue weighted by Crippen LogP contribution is -2.25. The number of nitrogens with one attached hydrogen (secondary N) is 2. The van der Waals surface area contributed by atoms with Gasteiger partial charge in [-0.15, -0.1) is 10.2 Å². The highest BCUT2D eigenvalue weighted by Gasteiger charge is 2.11. The number of benzene rings is 2. The number of rotatable bonds is 10. The van der Waals surface area contributed by atoms with Crippen molar-refractivity contribution in [2.75, 3.05) is 23.6 Å². The van der Waals surface area contributed by atoms with Gasteiger partial charge in [0.25, 0.3) is 5.95 Å². The van der Waals surface area contributed by atoms with Gasteiger partial charge in [0, 0.05) is 6.54 Å². The van der Waals surface area contributed by atoms with Crippen LogP contribution in [0.3, 0.4) is 0 Å². The first-order valence-electron chi connectivity index (χ1n) is 9.72. The number of ether oxygens (including phenoxy) is 1. The molecule has 0 spiro atoms. The number of nitrogen functional groups attached to an aromatic ring is 1. The second kappa shape index (κ2) is 11.0. The average Bonchev–Trinajstić information content (AvgIpc) is 3.13. The number of thioether (sulfide) groups is 1. The number of anilines is 1. The standard InChI is InChI=1S/C21H25N7O2S/c1-3-30-18-10-8-17(9-11-18)13-24-25-20-26-27-21(28(20)22)31-14-19(29)23-12-16-6-4-15(2)5-7-16/h4-11,13H,3,12,14,22H2,1-2H3,(H,23,29)(H,25,26)/b24-13+. The van der Waals surface area contributed by atoms with Gasteiger partial charge in [0.05, 0.1) is 18.6 Å². The molecule has 0 unspecified atom stereocenters. The van der Waals surface area contributed by atoms with Crippen molar-refractivity contribution in [3.63, 3.8) is 0 Å². The lowest BCUT2D eigenvalue weighted by Gasteiger charge is -2.06. The van der Waals surface area contributed by atoms with E-state index in [0.717, 1.165) is 16.9 Å². The van der Waals surface area contributed by atoms with Crippen LogP contribution < -0.4 is 21.3 Å². The monoisotopic (exact) mass is 439 g/mol. The van der Waals surface area contributed by atoms with Gasteiger partial charge in [0.2, 0.25) is 11.1 Å². The molecular weight excluding hydrogens is 414 g/mol. The minimum absolute atomic E-state index is 0.114. The molecule has 0 fully saturated rings. The molecule has 0 saturated heterocycles. The van der Waals surface area contributed by atoms with Crippen LogP contribution in [0.25, 0.3) is 0 Å². The van der Waals surface area contributed by atoms with E-state index in [4.69, 9.17) is 10.6 Å². The van der Waals surface area contributed by atoms with E-state index in [1.165, 1.54) is 22.0 Å². The zero-order chi connectivity index (χ0) is 22.1. The molecule has 1 amide bonds. The van der Waals surface area contributed by atoms with Crippen molar-refractivity contribution in [1.82, 2.24) is 20.2 Å². The Morgan fingerprint density at radius 3 is 2.65 bits per heavy atom. The van der Waals surface area contributed by atoms with Gasteiger partial charge in [-0.05, 0) is 49.2 Å². The molecule has 4 N–H and O–H groups in total. The molecule has 10 heteroatoms. The van der Waals surface area contributed by atoms with Gasteiger partial charge >= 0.3 is 0 Å². The highest BCUT2D eigenvalue weighted by atomic mass is 32.2. The minimum Gasteiger partial charge on any atom is -0.494 e. The molecule has 162 valence electrons. The third-order valence-electron chi connectivity index (χ3n) is 4.18. The Bertz CT molecular complexity index is 1020. The summed E-state index contributed by atoms with van der Waals surface area (Å²) < 4.78 is 6.66. The average molecular weight is 440 g/mol. The van der Waals surface area contributed by atoms with Gasteiger partial charge in [-0.3, -0.25) is 4.79 Å². The van der Waals surface area contributed by atoms with E-state index in [0.29, 0.717) is 18.3 Å². The van der Waals surface area contributed by atoms with Crippen molar-refractivity contribution in [2.45, 2.75) is 25.5 Å². The van der Waals surface area contributed by atoms with E-state index in [-0.39, 0.29) is 17.6 Å². The normalized spacial score (nSPS) is 10.9. The van der Waals surface area contributed by atoms with Crippen molar-refractivity contribution in [2.24, 2.45) is 5.10 Å². The quantitative estimate of drug-likeness (QED) is 0.192. The van der Waals surface area contributed by atoms with Gasteiger partial charge < -0.3 is 15.9 Å². The maximum Gasteiger partial charge on any atom is 0.264 e. The fourth-order valence-electron chi connectivity index (χ4n) is 2.52. The smallest absolute Gasteiger partial charge is 0.264 e. The first kappa shape index (κ1) is 22.2. The predicted octanol–water partition coefficient (Wildman–Crippen LogP) is 2.55. The van der Waals surface area contributed by atoms with Crippen molar-refractivity contribution >= 4 is 29.8 Å². The molecule has 0 aliphatic rings. The van der Waals surface area contributed by atoms with Crippen LogP contribution in [0.2, 0.25) is 0 Å². The summed E-state index contributed by atoms with van der Waals surface area (Å²) in [6, 6.07) is 15.5. The predicted molar refractivity (Wildman–Crippen MR) is 123 cm³/mol. The summed E-state index contributed by atoms with van der Waals surface area (Å²) in [6.45, 7) is 5.06. The highest BCUT2D eigenvalue weighted by Crippen LogP contribution is 2.16. The number of carbonyl (C=O) groups is 1. The summed E-state index contributed by atoms with van der Waals surface area (Å²) in [6.07, 6.45) is 1.63. The van der Waals surface area contributed by atoms with E-state index >= 15 is 0 Å². The third-order valence-corrected chi connectivity index (χ3v) is 5.12. The van der Waals surface area contributed by atoms with Gasteiger partial charge in [0.1, 0.15) is 5.75 Å². The zero-order valence-corrected chi connectivity index (χ0v) is 18.2. The van der Waals surface area contributed by atoms with Crippen molar-refractivity contribution in [1.29, 1.82) is 0 Å². The van der Waals surface area contributed by atoms with E-state index < -0.39 is 0 Å². The summed E-state index contributed by atoms with van der Waals surface area (Å²) >= 11 is 1.20.